The Bertz CT molecular complexity index is 784. The number of nitrogens with zero attached hydrogens (tertiary/aromatic N) is 1. The van der Waals surface area contributed by atoms with Crippen LogP contribution in [0.3, 0.4) is 0 Å². The van der Waals surface area contributed by atoms with Gasteiger partial charge in [0.1, 0.15) is 0 Å². The molecule has 0 saturated heterocycles. The van der Waals surface area contributed by atoms with Gasteiger partial charge >= 0.3 is 5.97 Å². The minimum Gasteiger partial charge on any atom is -0.452 e. The number of esters is 1. The number of para-hydroxylation sites is 1. The van der Waals surface area contributed by atoms with E-state index in [-0.39, 0.29) is 12.5 Å². The van der Waals surface area contributed by atoms with E-state index in [1.807, 2.05) is 45.0 Å². The molecule has 1 N–H and O–H groups in total. The first kappa shape index (κ1) is 19.9. The smallest absolute Gasteiger partial charge is 0.339 e. The Kier molecular flexibility index (Phi) is 7.13. The Balaban J connectivity index is 2.31. The molecule has 0 bridgehead atoms. The number of rotatable bonds is 8. The van der Waals surface area contributed by atoms with Crippen molar-refractivity contribution in [2.75, 3.05) is 13.2 Å². The van der Waals surface area contributed by atoms with E-state index in [0.717, 1.165) is 35.0 Å². The van der Waals surface area contributed by atoms with Crippen LogP contribution in [0.4, 0.5) is 0 Å². The van der Waals surface area contributed by atoms with Gasteiger partial charge in [-0.3, -0.25) is 9.78 Å². The fraction of sp³-hybridized carbons (Fsp3) is 0.476. The van der Waals surface area contributed by atoms with Gasteiger partial charge in [0.25, 0.3) is 5.91 Å². The molecule has 0 spiro atoms. The molecular weight excluding hydrogens is 328 g/mol. The third-order valence-electron chi connectivity index (χ3n) is 4.17. The second-order valence-electron chi connectivity index (χ2n) is 6.81. The first-order valence-corrected chi connectivity index (χ1v) is 9.32. The highest BCUT2D eigenvalue weighted by atomic mass is 16.5. The monoisotopic (exact) mass is 356 g/mol. The SMILES string of the molecule is CCCc1nc2ccccc2c(C(=O)OCC(=O)NCC(C)C)c1CC. The Morgan fingerprint density at radius 2 is 1.92 bits per heavy atom. The number of carbonyl (C=O) groups excluding carboxylic acids is 2. The van der Waals surface area contributed by atoms with E-state index in [4.69, 9.17) is 9.72 Å². The maximum Gasteiger partial charge on any atom is 0.339 e. The molecule has 1 aromatic heterocycles. The van der Waals surface area contributed by atoms with Crippen molar-refractivity contribution >= 4 is 22.8 Å². The topological polar surface area (TPSA) is 68.3 Å². The summed E-state index contributed by atoms with van der Waals surface area (Å²) < 4.78 is 5.33. The molecule has 5 heteroatoms. The highest BCUT2D eigenvalue weighted by Gasteiger charge is 2.21. The molecule has 0 aliphatic carbocycles. The molecule has 1 aromatic carbocycles. The van der Waals surface area contributed by atoms with Crippen LogP contribution in [0.2, 0.25) is 0 Å². The van der Waals surface area contributed by atoms with Gasteiger partial charge in [0.15, 0.2) is 6.61 Å². The number of fused-ring (bicyclic) bond motifs is 1. The number of amides is 1. The van der Waals surface area contributed by atoms with Gasteiger partial charge in [0, 0.05) is 17.6 Å². The van der Waals surface area contributed by atoms with Crippen molar-refractivity contribution in [2.45, 2.75) is 47.0 Å². The molecule has 2 aromatic rings. The predicted octanol–water partition coefficient (Wildman–Crippen LogP) is 3.68. The third-order valence-corrected chi connectivity index (χ3v) is 4.17. The van der Waals surface area contributed by atoms with E-state index >= 15 is 0 Å². The van der Waals surface area contributed by atoms with E-state index in [1.54, 1.807) is 0 Å². The van der Waals surface area contributed by atoms with Gasteiger partial charge in [0.05, 0.1) is 11.1 Å². The summed E-state index contributed by atoms with van der Waals surface area (Å²) in [6.07, 6.45) is 2.45. The lowest BCUT2D eigenvalue weighted by atomic mass is 9.96. The number of hydrogen-bond donors (Lipinski definition) is 1. The third kappa shape index (κ3) is 4.81. The van der Waals surface area contributed by atoms with Crippen LogP contribution in [0.25, 0.3) is 10.9 Å². The van der Waals surface area contributed by atoms with Gasteiger partial charge in [0.2, 0.25) is 0 Å². The zero-order chi connectivity index (χ0) is 19.1. The molecule has 0 aliphatic heterocycles. The van der Waals surface area contributed by atoms with Crippen LogP contribution in [0.1, 0.15) is 55.7 Å². The van der Waals surface area contributed by atoms with Crippen LogP contribution >= 0.6 is 0 Å². The summed E-state index contributed by atoms with van der Waals surface area (Å²) in [6.45, 7) is 8.42. The number of benzene rings is 1. The van der Waals surface area contributed by atoms with Crippen LogP contribution in [0.5, 0.6) is 0 Å². The summed E-state index contributed by atoms with van der Waals surface area (Å²) in [6, 6.07) is 7.58. The minimum absolute atomic E-state index is 0.269. The fourth-order valence-electron chi connectivity index (χ4n) is 2.93. The van der Waals surface area contributed by atoms with Gasteiger partial charge in [-0.15, -0.1) is 0 Å². The van der Waals surface area contributed by atoms with Crippen molar-refractivity contribution in [3.63, 3.8) is 0 Å². The summed E-state index contributed by atoms with van der Waals surface area (Å²) >= 11 is 0. The number of aryl methyl sites for hydroxylation is 1. The van der Waals surface area contributed by atoms with E-state index in [9.17, 15) is 9.59 Å². The van der Waals surface area contributed by atoms with Crippen LogP contribution in [-0.4, -0.2) is 30.0 Å². The molecule has 0 fully saturated rings. The normalized spacial score (nSPS) is 11.0. The highest BCUT2D eigenvalue weighted by molar-refractivity contribution is 6.05. The zero-order valence-corrected chi connectivity index (χ0v) is 16.1. The van der Waals surface area contributed by atoms with Crippen molar-refractivity contribution in [3.8, 4) is 0 Å². The number of carbonyl (C=O) groups is 2. The maximum atomic E-state index is 12.8. The lowest BCUT2D eigenvalue weighted by molar-refractivity contribution is -0.124. The van der Waals surface area contributed by atoms with Crippen molar-refractivity contribution in [1.29, 1.82) is 0 Å². The summed E-state index contributed by atoms with van der Waals surface area (Å²) in [4.78, 5) is 29.4. The lowest BCUT2D eigenvalue weighted by Crippen LogP contribution is -2.31. The van der Waals surface area contributed by atoms with E-state index in [2.05, 4.69) is 12.2 Å². The molecule has 140 valence electrons. The predicted molar refractivity (Wildman–Crippen MR) is 103 cm³/mol. The van der Waals surface area contributed by atoms with Gasteiger partial charge < -0.3 is 10.1 Å². The van der Waals surface area contributed by atoms with Crippen LogP contribution in [-0.2, 0) is 22.4 Å². The van der Waals surface area contributed by atoms with Gasteiger partial charge in [-0.2, -0.15) is 0 Å². The van der Waals surface area contributed by atoms with Gasteiger partial charge in [-0.1, -0.05) is 52.3 Å². The standard InChI is InChI=1S/C21H28N2O3/c1-5-9-17-15(6-2)20(16-10-7-8-11-18(16)23-17)21(25)26-13-19(24)22-12-14(3)4/h7-8,10-11,14H,5-6,9,12-13H2,1-4H3,(H,22,24). The highest BCUT2D eigenvalue weighted by Crippen LogP contribution is 2.26. The summed E-state index contributed by atoms with van der Waals surface area (Å²) in [5.41, 5.74) is 3.17. The Morgan fingerprint density at radius 3 is 2.58 bits per heavy atom. The first-order chi connectivity index (χ1) is 12.5. The number of pyridine rings is 1. The Morgan fingerprint density at radius 1 is 1.19 bits per heavy atom. The lowest BCUT2D eigenvalue weighted by Gasteiger charge is -2.15. The summed E-state index contributed by atoms with van der Waals surface area (Å²) in [5, 5.41) is 3.53. The van der Waals surface area contributed by atoms with E-state index < -0.39 is 5.97 Å². The molecule has 1 amide bonds. The van der Waals surface area contributed by atoms with E-state index in [0.29, 0.717) is 24.4 Å². The minimum atomic E-state index is -0.461. The van der Waals surface area contributed by atoms with Crippen molar-refractivity contribution in [3.05, 3.63) is 41.1 Å². The fourth-order valence-corrected chi connectivity index (χ4v) is 2.93. The molecule has 1 heterocycles. The Hall–Kier alpha value is -2.43. The molecule has 2 rings (SSSR count). The average Bonchev–Trinajstić information content (AvgIpc) is 2.63. The first-order valence-electron chi connectivity index (χ1n) is 9.32. The van der Waals surface area contributed by atoms with Crippen molar-refractivity contribution < 1.29 is 14.3 Å². The number of hydrogen-bond acceptors (Lipinski definition) is 4. The van der Waals surface area contributed by atoms with Crippen molar-refractivity contribution in [2.24, 2.45) is 5.92 Å². The molecule has 0 aliphatic rings. The molecule has 0 saturated carbocycles. The van der Waals surface area contributed by atoms with Gasteiger partial charge in [-0.25, -0.2) is 4.79 Å². The second-order valence-corrected chi connectivity index (χ2v) is 6.81. The summed E-state index contributed by atoms with van der Waals surface area (Å²) in [5.74, 6) is -0.392. The largest absolute Gasteiger partial charge is 0.452 e. The molecule has 26 heavy (non-hydrogen) atoms. The number of ether oxygens (including phenoxy) is 1. The molecular formula is C21H28N2O3. The number of nitrogens with one attached hydrogen (secondary N) is 1. The second kappa shape index (κ2) is 9.32. The van der Waals surface area contributed by atoms with Crippen LogP contribution in [0.15, 0.2) is 24.3 Å². The van der Waals surface area contributed by atoms with Gasteiger partial charge in [-0.05, 0) is 30.4 Å². The average molecular weight is 356 g/mol. The molecule has 0 atom stereocenters. The molecule has 5 nitrogen and oxygen atoms in total. The number of aromatic nitrogens is 1. The Labute approximate surface area is 155 Å². The molecule has 0 radical (unpaired) electrons. The maximum absolute atomic E-state index is 12.8. The quantitative estimate of drug-likeness (QED) is 0.733. The zero-order valence-electron chi connectivity index (χ0n) is 16.1. The summed E-state index contributed by atoms with van der Waals surface area (Å²) in [7, 11) is 0. The van der Waals surface area contributed by atoms with Crippen molar-refractivity contribution in [1.82, 2.24) is 10.3 Å². The van der Waals surface area contributed by atoms with Crippen LogP contribution < -0.4 is 5.32 Å². The molecule has 0 unspecified atom stereocenters. The van der Waals surface area contributed by atoms with E-state index in [1.165, 1.54) is 0 Å². The van der Waals surface area contributed by atoms with Crippen LogP contribution in [0, 0.1) is 5.92 Å².